The average molecular weight is 264 g/mol. The van der Waals surface area contributed by atoms with Gasteiger partial charge in [-0.3, -0.25) is 0 Å². The predicted octanol–water partition coefficient (Wildman–Crippen LogP) is 4.48. The van der Waals surface area contributed by atoms with E-state index in [1.54, 1.807) is 0 Å². The van der Waals surface area contributed by atoms with Crippen molar-refractivity contribution in [1.29, 1.82) is 0 Å². The Morgan fingerprint density at radius 3 is 2.79 bits per heavy atom. The van der Waals surface area contributed by atoms with E-state index < -0.39 is 0 Å². The molecular weight excluding hydrogens is 252 g/mol. The second kappa shape index (κ2) is 3.36. The third kappa shape index (κ3) is 1.19. The monoisotopic (exact) mass is 264 g/mol. The number of fused-ring (bicyclic) bond motifs is 7. The average Bonchev–Trinajstić information content (AvgIpc) is 3.07. The van der Waals surface area contributed by atoms with Crippen LogP contribution in [-0.4, -0.2) is 4.98 Å². The van der Waals surface area contributed by atoms with Crippen molar-refractivity contribution < 1.29 is 0 Å². The molecule has 3 heterocycles. The van der Waals surface area contributed by atoms with E-state index in [0.29, 0.717) is 11.3 Å². The summed E-state index contributed by atoms with van der Waals surface area (Å²) in [6.07, 6.45) is 0. The maximum atomic E-state index is 3.66. The Morgan fingerprint density at radius 2 is 1.79 bits per heavy atom. The number of H-pyrrole nitrogens is 1. The molecule has 2 nitrogen and oxygen atoms in total. The van der Waals surface area contributed by atoms with Crippen LogP contribution in [0, 0.1) is 0 Å². The van der Waals surface area contributed by atoms with Crippen LogP contribution in [0.15, 0.2) is 53.4 Å². The van der Waals surface area contributed by atoms with Crippen molar-refractivity contribution in [3.63, 3.8) is 0 Å². The van der Waals surface area contributed by atoms with Gasteiger partial charge in [-0.15, -0.1) is 11.8 Å². The molecule has 0 amide bonds. The van der Waals surface area contributed by atoms with Gasteiger partial charge in [0.05, 0.1) is 17.0 Å². The van der Waals surface area contributed by atoms with Gasteiger partial charge in [0.15, 0.2) is 0 Å². The molecule has 2 aliphatic heterocycles. The molecule has 0 aliphatic carbocycles. The lowest BCUT2D eigenvalue weighted by molar-refractivity contribution is 0.792. The van der Waals surface area contributed by atoms with E-state index in [1.807, 2.05) is 11.8 Å². The molecule has 3 heteroatoms. The summed E-state index contributed by atoms with van der Waals surface area (Å²) in [6, 6.07) is 17.6. The number of thioether (sulfide) groups is 1. The first-order valence-corrected chi connectivity index (χ1v) is 7.42. The zero-order chi connectivity index (χ0) is 12.4. The summed E-state index contributed by atoms with van der Waals surface area (Å²) in [4.78, 5) is 5.02. The van der Waals surface area contributed by atoms with Crippen molar-refractivity contribution in [2.75, 3.05) is 5.32 Å². The minimum Gasteiger partial charge on any atom is -0.375 e. The summed E-state index contributed by atoms with van der Waals surface area (Å²) < 4.78 is 0. The highest BCUT2D eigenvalue weighted by atomic mass is 32.2. The summed E-state index contributed by atoms with van der Waals surface area (Å²) in [6.45, 7) is 0. The Morgan fingerprint density at radius 1 is 0.947 bits per heavy atom. The molecule has 0 spiro atoms. The summed E-state index contributed by atoms with van der Waals surface area (Å²) >= 11 is 1.99. The Hall–Kier alpha value is -1.87. The first-order chi connectivity index (χ1) is 9.42. The number of aromatic nitrogens is 1. The molecule has 2 aliphatic rings. The normalized spacial score (nSPS) is 22.9. The molecule has 19 heavy (non-hydrogen) atoms. The topological polar surface area (TPSA) is 27.8 Å². The van der Waals surface area contributed by atoms with Crippen LogP contribution in [0.3, 0.4) is 0 Å². The number of para-hydroxylation sites is 2. The molecule has 0 saturated carbocycles. The van der Waals surface area contributed by atoms with E-state index in [9.17, 15) is 0 Å². The molecule has 0 saturated heterocycles. The van der Waals surface area contributed by atoms with Crippen LogP contribution in [0.2, 0.25) is 0 Å². The standard InChI is InChI=1S/C16H12N2S/c1-3-7-11-9(5-1)15-13(17-11)14-16(19-15)10-6-2-4-8-12(10)18-14/h1-8,13,15,17-18H. The van der Waals surface area contributed by atoms with Crippen molar-refractivity contribution >= 4 is 28.4 Å². The Balaban J connectivity index is 1.72. The lowest BCUT2D eigenvalue weighted by Crippen LogP contribution is -2.05. The van der Waals surface area contributed by atoms with E-state index in [0.717, 1.165) is 0 Å². The smallest absolute Gasteiger partial charge is 0.0838 e. The van der Waals surface area contributed by atoms with Crippen LogP contribution >= 0.6 is 11.8 Å². The molecule has 2 aromatic carbocycles. The van der Waals surface area contributed by atoms with Crippen LogP contribution < -0.4 is 5.32 Å². The van der Waals surface area contributed by atoms with Crippen molar-refractivity contribution in [3.05, 3.63) is 59.8 Å². The SMILES string of the molecule is c1ccc2c(c1)NC1c3[nH]c4ccccc4c3SC21. The summed E-state index contributed by atoms with van der Waals surface area (Å²) in [5.74, 6) is 0. The quantitative estimate of drug-likeness (QED) is 0.626. The second-order valence-corrected chi connectivity index (χ2v) is 6.31. The summed E-state index contributed by atoms with van der Waals surface area (Å²) in [5, 5.41) is 5.53. The fraction of sp³-hybridized carbons (Fsp3) is 0.125. The molecule has 5 rings (SSSR count). The summed E-state index contributed by atoms with van der Waals surface area (Å²) in [7, 11) is 0. The maximum absolute atomic E-state index is 3.66. The van der Waals surface area contributed by atoms with Gasteiger partial charge in [-0.1, -0.05) is 36.4 Å². The van der Waals surface area contributed by atoms with Gasteiger partial charge >= 0.3 is 0 Å². The number of benzene rings is 2. The molecule has 0 radical (unpaired) electrons. The zero-order valence-corrected chi connectivity index (χ0v) is 11.0. The summed E-state index contributed by atoms with van der Waals surface area (Å²) in [5.41, 5.74) is 5.32. The zero-order valence-electron chi connectivity index (χ0n) is 10.2. The number of hydrogen-bond donors (Lipinski definition) is 2. The minimum absolute atomic E-state index is 0.393. The van der Waals surface area contributed by atoms with E-state index in [1.165, 1.54) is 32.7 Å². The van der Waals surface area contributed by atoms with E-state index in [2.05, 4.69) is 58.8 Å². The van der Waals surface area contributed by atoms with E-state index in [4.69, 9.17) is 0 Å². The fourth-order valence-electron chi connectivity index (χ4n) is 3.26. The fourth-order valence-corrected chi connectivity index (χ4v) is 4.80. The number of aromatic amines is 1. The molecule has 2 unspecified atom stereocenters. The van der Waals surface area contributed by atoms with Crippen LogP contribution in [0.1, 0.15) is 22.5 Å². The Bertz CT molecular complexity index is 805. The van der Waals surface area contributed by atoms with Crippen molar-refractivity contribution in [2.24, 2.45) is 0 Å². The molecule has 0 fully saturated rings. The number of hydrogen-bond acceptors (Lipinski definition) is 2. The number of nitrogens with one attached hydrogen (secondary N) is 2. The Kier molecular flexibility index (Phi) is 1.77. The third-order valence-corrected chi connectivity index (χ3v) is 5.58. The van der Waals surface area contributed by atoms with Crippen molar-refractivity contribution in [2.45, 2.75) is 16.2 Å². The lowest BCUT2D eigenvalue weighted by Gasteiger charge is -2.09. The van der Waals surface area contributed by atoms with Crippen LogP contribution in [0.4, 0.5) is 5.69 Å². The van der Waals surface area contributed by atoms with Crippen LogP contribution in [0.25, 0.3) is 10.9 Å². The lowest BCUT2D eigenvalue weighted by atomic mass is 10.1. The maximum Gasteiger partial charge on any atom is 0.0838 e. The number of anilines is 1. The third-order valence-electron chi connectivity index (χ3n) is 4.12. The second-order valence-electron chi connectivity index (χ2n) is 5.16. The molecule has 3 aromatic rings. The van der Waals surface area contributed by atoms with Gasteiger partial charge in [0.25, 0.3) is 0 Å². The molecule has 2 N–H and O–H groups in total. The highest BCUT2D eigenvalue weighted by Gasteiger charge is 2.42. The van der Waals surface area contributed by atoms with Crippen molar-refractivity contribution in [1.82, 2.24) is 4.98 Å². The van der Waals surface area contributed by atoms with Gasteiger partial charge in [-0.05, 0) is 17.7 Å². The van der Waals surface area contributed by atoms with Gasteiger partial charge in [0.2, 0.25) is 0 Å². The van der Waals surface area contributed by atoms with E-state index >= 15 is 0 Å². The first kappa shape index (κ1) is 9.98. The van der Waals surface area contributed by atoms with Gasteiger partial charge in [0, 0.05) is 21.5 Å². The highest BCUT2D eigenvalue weighted by molar-refractivity contribution is 8.00. The predicted molar refractivity (Wildman–Crippen MR) is 79.7 cm³/mol. The molecule has 0 bridgehead atoms. The van der Waals surface area contributed by atoms with Gasteiger partial charge in [-0.2, -0.15) is 0 Å². The van der Waals surface area contributed by atoms with Gasteiger partial charge in [0.1, 0.15) is 0 Å². The van der Waals surface area contributed by atoms with Crippen molar-refractivity contribution in [3.8, 4) is 0 Å². The largest absolute Gasteiger partial charge is 0.375 e. The molecule has 1 aromatic heterocycles. The number of rotatable bonds is 0. The van der Waals surface area contributed by atoms with Crippen LogP contribution in [0.5, 0.6) is 0 Å². The van der Waals surface area contributed by atoms with Crippen LogP contribution in [-0.2, 0) is 0 Å². The minimum atomic E-state index is 0.393. The molecule has 92 valence electrons. The van der Waals surface area contributed by atoms with E-state index in [-0.39, 0.29) is 0 Å². The Labute approximate surface area is 115 Å². The van der Waals surface area contributed by atoms with Gasteiger partial charge < -0.3 is 10.3 Å². The highest BCUT2D eigenvalue weighted by Crippen LogP contribution is 2.60. The first-order valence-electron chi connectivity index (χ1n) is 6.54. The molecule has 2 atom stereocenters. The molecular formula is C16H12N2S. The van der Waals surface area contributed by atoms with Gasteiger partial charge in [-0.25, -0.2) is 0 Å².